The van der Waals surface area contributed by atoms with Crippen molar-refractivity contribution in [2.45, 2.75) is 13.8 Å². The Balaban J connectivity index is 0.000000152. The molecule has 6 rings (SSSR count). The molecular weight excluding hydrogens is 563 g/mol. The van der Waals surface area contributed by atoms with E-state index in [0.717, 1.165) is 0 Å². The normalized spacial score (nSPS) is 10.5. The number of hydrogen-bond acceptors (Lipinski definition) is 0. The molecule has 0 aliphatic carbocycles. The molecular formula is C32H26Hf-2. The molecule has 33 heavy (non-hydrogen) atoms. The second-order valence-electron chi connectivity index (χ2n) is 8.41. The molecule has 0 atom stereocenters. The molecule has 6 aromatic rings. The summed E-state index contributed by atoms with van der Waals surface area (Å²) in [5.41, 5.74) is 7.89. The molecule has 0 fully saturated rings. The van der Waals surface area contributed by atoms with Crippen molar-refractivity contribution in [3.05, 3.63) is 132 Å². The molecule has 0 heterocycles. The Morgan fingerprint density at radius 2 is 0.848 bits per heavy atom. The van der Waals surface area contributed by atoms with E-state index in [1.165, 1.54) is 54.9 Å². The smallest absolute Gasteiger partial charge is 0 e. The monoisotopic (exact) mass is 590 g/mol. The molecule has 1 heteroatoms. The van der Waals surface area contributed by atoms with Crippen LogP contribution in [0.1, 0.15) is 11.1 Å². The van der Waals surface area contributed by atoms with Gasteiger partial charge in [-0.15, -0.1) is 69.1 Å². The maximum Gasteiger partial charge on any atom is 0 e. The number of rotatable bonds is 2. The van der Waals surface area contributed by atoms with Crippen molar-refractivity contribution in [2.75, 3.05) is 0 Å². The first-order valence-corrected chi connectivity index (χ1v) is 11.1. The molecule has 0 aromatic heterocycles. The summed E-state index contributed by atoms with van der Waals surface area (Å²) in [7, 11) is 0. The van der Waals surface area contributed by atoms with E-state index in [1.807, 2.05) is 0 Å². The summed E-state index contributed by atoms with van der Waals surface area (Å²) in [6.07, 6.45) is 0. The zero-order valence-electron chi connectivity index (χ0n) is 19.0. The van der Waals surface area contributed by atoms with Gasteiger partial charge < -0.3 is 0 Å². The van der Waals surface area contributed by atoms with E-state index in [1.54, 1.807) is 0 Å². The number of fused-ring (bicyclic) bond motifs is 2. The minimum absolute atomic E-state index is 0. The zero-order chi connectivity index (χ0) is 21.9. The van der Waals surface area contributed by atoms with Gasteiger partial charge in [-0.05, 0) is 11.1 Å². The molecule has 0 saturated carbocycles. The summed E-state index contributed by atoms with van der Waals surface area (Å²) in [6, 6.07) is 43.1. The molecule has 0 unspecified atom stereocenters. The van der Waals surface area contributed by atoms with Crippen molar-refractivity contribution in [3.63, 3.8) is 0 Å². The number of hydrogen-bond donors (Lipinski definition) is 0. The van der Waals surface area contributed by atoms with E-state index in [4.69, 9.17) is 0 Å². The van der Waals surface area contributed by atoms with Gasteiger partial charge in [0.05, 0.1) is 0 Å². The quantitative estimate of drug-likeness (QED) is 0.140. The van der Waals surface area contributed by atoms with Gasteiger partial charge in [0.1, 0.15) is 0 Å². The van der Waals surface area contributed by atoms with Gasteiger partial charge in [0, 0.05) is 25.8 Å². The van der Waals surface area contributed by atoms with E-state index in [0.29, 0.717) is 0 Å². The first-order chi connectivity index (χ1) is 15.7. The Hall–Kier alpha value is -3.03. The first kappa shape index (κ1) is 23.1. The summed E-state index contributed by atoms with van der Waals surface area (Å²) >= 11 is 0. The molecule has 0 N–H and O–H groups in total. The fourth-order valence-electron chi connectivity index (χ4n) is 4.51. The predicted molar refractivity (Wildman–Crippen MR) is 139 cm³/mol. The molecule has 0 spiro atoms. The fourth-order valence-corrected chi connectivity index (χ4v) is 4.51. The molecule has 0 saturated heterocycles. The molecule has 160 valence electrons. The molecule has 0 nitrogen and oxygen atoms in total. The summed E-state index contributed by atoms with van der Waals surface area (Å²) < 4.78 is 0. The average Bonchev–Trinajstić information content (AvgIpc) is 3.41. The van der Waals surface area contributed by atoms with Crippen molar-refractivity contribution >= 4 is 21.5 Å². The topological polar surface area (TPSA) is 0 Å². The number of aryl methyl sites for hydroxylation is 2. The second-order valence-corrected chi connectivity index (χ2v) is 8.41. The third-order valence-corrected chi connectivity index (χ3v) is 5.96. The van der Waals surface area contributed by atoms with Crippen LogP contribution in [-0.2, 0) is 25.8 Å². The van der Waals surface area contributed by atoms with Crippen molar-refractivity contribution in [2.24, 2.45) is 0 Å². The van der Waals surface area contributed by atoms with Gasteiger partial charge in [0.15, 0.2) is 0 Å². The van der Waals surface area contributed by atoms with Crippen LogP contribution < -0.4 is 0 Å². The minimum Gasteiger partial charge on any atom is -0.165 e. The van der Waals surface area contributed by atoms with Gasteiger partial charge in [-0.2, -0.15) is 12.1 Å². The van der Waals surface area contributed by atoms with Gasteiger partial charge >= 0.3 is 0 Å². The van der Waals surface area contributed by atoms with Crippen LogP contribution in [0.15, 0.2) is 121 Å². The SMILES string of the molecule is Cc1cc2c(-c3ccccc3)cccc2[cH-]1.Cc1cc2c(-c3ccccc3)cccc2[cH-]1.[Hf]. The standard InChI is InChI=1S/2C16H13.Hf/c2*1-12-10-14-8-5-9-15(16(14)11-12)13-6-3-2-4-7-13;/h2*2-11H,1H3;/q2*-1;. The summed E-state index contributed by atoms with van der Waals surface area (Å²) in [5, 5.41) is 5.37. The van der Waals surface area contributed by atoms with E-state index < -0.39 is 0 Å². The molecule has 6 aromatic carbocycles. The van der Waals surface area contributed by atoms with Crippen molar-refractivity contribution in [1.29, 1.82) is 0 Å². The zero-order valence-corrected chi connectivity index (χ0v) is 22.6. The third kappa shape index (κ3) is 4.99. The summed E-state index contributed by atoms with van der Waals surface area (Å²) in [4.78, 5) is 0. The molecule has 0 bridgehead atoms. The van der Waals surface area contributed by atoms with E-state index in [9.17, 15) is 0 Å². The van der Waals surface area contributed by atoms with Gasteiger partial charge in [0.2, 0.25) is 0 Å². The summed E-state index contributed by atoms with van der Waals surface area (Å²) in [6.45, 7) is 4.30. The Morgan fingerprint density at radius 3 is 1.24 bits per heavy atom. The molecule has 0 aliphatic rings. The van der Waals surface area contributed by atoms with Crippen LogP contribution in [0.3, 0.4) is 0 Å². The Labute approximate surface area is 215 Å². The van der Waals surface area contributed by atoms with E-state index in [-0.39, 0.29) is 25.8 Å². The van der Waals surface area contributed by atoms with Crippen LogP contribution in [0.25, 0.3) is 43.8 Å². The Bertz CT molecular complexity index is 1350. The van der Waals surface area contributed by atoms with Gasteiger partial charge in [-0.3, -0.25) is 0 Å². The number of benzene rings is 4. The minimum atomic E-state index is 0. The Morgan fingerprint density at radius 1 is 0.455 bits per heavy atom. The molecule has 0 amide bonds. The van der Waals surface area contributed by atoms with Gasteiger partial charge in [0.25, 0.3) is 0 Å². The summed E-state index contributed by atoms with van der Waals surface area (Å²) in [5.74, 6) is 0. The van der Waals surface area contributed by atoms with E-state index in [2.05, 4.69) is 135 Å². The largest absolute Gasteiger partial charge is 0.165 e. The van der Waals surface area contributed by atoms with Crippen molar-refractivity contribution < 1.29 is 25.8 Å². The first-order valence-electron chi connectivity index (χ1n) is 11.1. The van der Waals surface area contributed by atoms with Crippen LogP contribution in [0, 0.1) is 13.8 Å². The maximum atomic E-state index is 2.26. The van der Waals surface area contributed by atoms with Crippen molar-refractivity contribution in [3.8, 4) is 22.3 Å². The van der Waals surface area contributed by atoms with Crippen LogP contribution in [0.4, 0.5) is 0 Å². The van der Waals surface area contributed by atoms with E-state index >= 15 is 0 Å². The third-order valence-electron chi connectivity index (χ3n) is 5.96. The molecule has 0 aliphatic heterocycles. The van der Waals surface area contributed by atoms with Gasteiger partial charge in [-0.1, -0.05) is 97.8 Å². The Kier molecular flexibility index (Phi) is 7.20. The van der Waals surface area contributed by atoms with Crippen LogP contribution in [0.5, 0.6) is 0 Å². The van der Waals surface area contributed by atoms with Crippen LogP contribution in [0.2, 0.25) is 0 Å². The van der Waals surface area contributed by atoms with Gasteiger partial charge in [-0.25, -0.2) is 0 Å². The van der Waals surface area contributed by atoms with Crippen LogP contribution >= 0.6 is 0 Å². The predicted octanol–water partition coefficient (Wildman–Crippen LogP) is 9.07. The second kappa shape index (κ2) is 10.3. The van der Waals surface area contributed by atoms with Crippen LogP contribution in [-0.4, -0.2) is 0 Å². The fraction of sp³-hybridized carbons (Fsp3) is 0.0625. The van der Waals surface area contributed by atoms with Crippen molar-refractivity contribution in [1.82, 2.24) is 0 Å². The average molecular weight is 589 g/mol. The maximum absolute atomic E-state index is 2.26. The molecule has 0 radical (unpaired) electrons.